The zero-order valence-electron chi connectivity index (χ0n) is 9.68. The molecule has 1 atom stereocenters. The second-order valence-electron chi connectivity index (χ2n) is 4.47. The number of hydrogen-bond donors (Lipinski definition) is 1. The van der Waals surface area contributed by atoms with Crippen molar-refractivity contribution in [1.29, 1.82) is 0 Å². The summed E-state index contributed by atoms with van der Waals surface area (Å²) in [6.45, 7) is 3.74. The lowest BCUT2D eigenvalue weighted by atomic mass is 9.94. The normalized spacial score (nSPS) is 14.1. The summed E-state index contributed by atoms with van der Waals surface area (Å²) in [5, 5.41) is 0. The molecule has 1 aromatic carbocycles. The largest absolute Gasteiger partial charge is 0.416 e. The molecule has 1 nitrogen and oxygen atoms in total. The topological polar surface area (TPSA) is 26.0 Å². The van der Waals surface area contributed by atoms with Crippen molar-refractivity contribution in [2.45, 2.75) is 32.5 Å². The van der Waals surface area contributed by atoms with Gasteiger partial charge >= 0.3 is 6.18 Å². The maximum atomic E-state index is 12.9. The minimum atomic E-state index is -4.58. The van der Waals surface area contributed by atoms with Gasteiger partial charge in [-0.05, 0) is 30.0 Å². The second-order valence-corrected chi connectivity index (χ2v) is 4.47. The maximum absolute atomic E-state index is 12.9. The van der Waals surface area contributed by atoms with E-state index in [0.29, 0.717) is 12.5 Å². The molecule has 17 heavy (non-hydrogen) atoms. The van der Waals surface area contributed by atoms with Crippen LogP contribution in [0, 0.1) is 11.7 Å². The van der Waals surface area contributed by atoms with E-state index in [9.17, 15) is 17.6 Å². The summed E-state index contributed by atoms with van der Waals surface area (Å²) in [7, 11) is 0. The van der Waals surface area contributed by atoms with Crippen LogP contribution in [0.25, 0.3) is 0 Å². The van der Waals surface area contributed by atoms with E-state index in [1.165, 1.54) is 0 Å². The lowest BCUT2D eigenvalue weighted by Crippen LogP contribution is -2.19. The molecule has 2 N–H and O–H groups in total. The minimum Gasteiger partial charge on any atom is -0.324 e. The summed E-state index contributed by atoms with van der Waals surface area (Å²) in [4.78, 5) is 0. The highest BCUT2D eigenvalue weighted by molar-refractivity contribution is 5.32. The Kier molecular flexibility index (Phi) is 4.14. The van der Waals surface area contributed by atoms with E-state index in [1.54, 1.807) is 0 Å². The zero-order chi connectivity index (χ0) is 13.2. The number of nitrogens with two attached hydrogens (primary N) is 1. The van der Waals surface area contributed by atoms with Crippen molar-refractivity contribution in [3.8, 4) is 0 Å². The number of rotatable bonds is 3. The van der Waals surface area contributed by atoms with Gasteiger partial charge in [0.15, 0.2) is 0 Å². The predicted octanol–water partition coefficient (Wildman–Crippen LogP) is 3.89. The van der Waals surface area contributed by atoms with Crippen molar-refractivity contribution in [3.63, 3.8) is 0 Å². The van der Waals surface area contributed by atoms with Crippen LogP contribution in [0.2, 0.25) is 0 Å². The Morgan fingerprint density at radius 2 is 1.82 bits per heavy atom. The summed E-state index contributed by atoms with van der Waals surface area (Å²) < 4.78 is 51.0. The van der Waals surface area contributed by atoms with E-state index in [2.05, 4.69) is 0 Å². The third kappa shape index (κ3) is 3.70. The fourth-order valence-corrected chi connectivity index (χ4v) is 1.73. The molecular weight excluding hydrogens is 234 g/mol. The highest BCUT2D eigenvalue weighted by atomic mass is 19.4. The molecule has 96 valence electrons. The summed E-state index contributed by atoms with van der Waals surface area (Å²) in [6, 6.07) is 1.89. The molecule has 1 rings (SSSR count). The van der Waals surface area contributed by atoms with Crippen LogP contribution < -0.4 is 5.73 Å². The Labute approximate surface area is 97.6 Å². The average molecular weight is 249 g/mol. The number of alkyl halides is 3. The van der Waals surface area contributed by atoms with Gasteiger partial charge in [-0.3, -0.25) is 0 Å². The molecule has 0 amide bonds. The standard InChI is InChI=1S/C12H15F4N/c1-7(2)5-11(17)9-4-3-8(13)6-10(9)12(14,15)16/h3-4,6-7,11H,5,17H2,1-2H3/t11-/m1/s1. The molecule has 0 aliphatic heterocycles. The number of hydrogen-bond acceptors (Lipinski definition) is 1. The van der Waals surface area contributed by atoms with Gasteiger partial charge in [-0.1, -0.05) is 19.9 Å². The van der Waals surface area contributed by atoms with E-state index in [1.807, 2.05) is 13.8 Å². The van der Waals surface area contributed by atoms with Gasteiger partial charge in [-0.2, -0.15) is 13.2 Å². The summed E-state index contributed by atoms with van der Waals surface area (Å²) >= 11 is 0. The Bertz CT molecular complexity index is 385. The first-order valence-electron chi connectivity index (χ1n) is 5.34. The van der Waals surface area contributed by atoms with Crippen molar-refractivity contribution in [3.05, 3.63) is 35.1 Å². The molecule has 0 bridgehead atoms. The van der Waals surface area contributed by atoms with Crippen molar-refractivity contribution < 1.29 is 17.6 Å². The number of halogens is 4. The molecule has 5 heteroatoms. The average Bonchev–Trinajstić information content (AvgIpc) is 2.14. The molecule has 0 saturated carbocycles. The van der Waals surface area contributed by atoms with E-state index in [4.69, 9.17) is 5.73 Å². The van der Waals surface area contributed by atoms with Crippen molar-refractivity contribution in [1.82, 2.24) is 0 Å². The van der Waals surface area contributed by atoms with E-state index in [-0.39, 0.29) is 11.5 Å². The molecule has 0 saturated heterocycles. The Morgan fingerprint density at radius 3 is 2.29 bits per heavy atom. The number of benzene rings is 1. The molecule has 0 radical (unpaired) electrons. The van der Waals surface area contributed by atoms with Crippen LogP contribution in [0.5, 0.6) is 0 Å². The van der Waals surface area contributed by atoms with Crippen LogP contribution in [0.3, 0.4) is 0 Å². The molecular formula is C12H15F4N. The van der Waals surface area contributed by atoms with Crippen LogP contribution in [0.4, 0.5) is 17.6 Å². The van der Waals surface area contributed by atoms with E-state index in [0.717, 1.165) is 12.1 Å². The highest BCUT2D eigenvalue weighted by Gasteiger charge is 2.35. The predicted molar refractivity (Wildman–Crippen MR) is 57.8 cm³/mol. The van der Waals surface area contributed by atoms with Crippen LogP contribution in [-0.2, 0) is 6.18 Å². The van der Waals surface area contributed by atoms with Gasteiger partial charge in [0.2, 0.25) is 0 Å². The maximum Gasteiger partial charge on any atom is 0.416 e. The highest BCUT2D eigenvalue weighted by Crippen LogP contribution is 2.35. The van der Waals surface area contributed by atoms with Gasteiger partial charge in [-0.15, -0.1) is 0 Å². The third-order valence-electron chi connectivity index (χ3n) is 2.45. The summed E-state index contributed by atoms with van der Waals surface area (Å²) in [5.74, 6) is -0.728. The first kappa shape index (κ1) is 14.0. The fraction of sp³-hybridized carbons (Fsp3) is 0.500. The van der Waals surface area contributed by atoms with Crippen molar-refractivity contribution in [2.75, 3.05) is 0 Å². The molecule has 0 spiro atoms. The van der Waals surface area contributed by atoms with Gasteiger partial charge in [0, 0.05) is 6.04 Å². The molecule has 0 unspecified atom stereocenters. The minimum absolute atomic E-state index is 0.0485. The fourth-order valence-electron chi connectivity index (χ4n) is 1.73. The smallest absolute Gasteiger partial charge is 0.324 e. The monoisotopic (exact) mass is 249 g/mol. The van der Waals surface area contributed by atoms with Gasteiger partial charge in [-0.25, -0.2) is 4.39 Å². The van der Waals surface area contributed by atoms with Crippen LogP contribution >= 0.6 is 0 Å². The summed E-state index contributed by atoms with van der Waals surface area (Å²) in [5.41, 5.74) is 4.69. The van der Waals surface area contributed by atoms with E-state index < -0.39 is 23.6 Å². The quantitative estimate of drug-likeness (QED) is 0.808. The Morgan fingerprint density at radius 1 is 1.24 bits per heavy atom. The van der Waals surface area contributed by atoms with E-state index >= 15 is 0 Å². The van der Waals surface area contributed by atoms with Gasteiger partial charge < -0.3 is 5.73 Å². The zero-order valence-corrected chi connectivity index (χ0v) is 9.68. The summed E-state index contributed by atoms with van der Waals surface area (Å²) in [6.07, 6.45) is -4.15. The van der Waals surface area contributed by atoms with Crippen LogP contribution in [0.15, 0.2) is 18.2 Å². The Hall–Kier alpha value is -1.10. The molecule has 0 aliphatic carbocycles. The molecule has 0 aliphatic rings. The van der Waals surface area contributed by atoms with Gasteiger partial charge in [0.1, 0.15) is 5.82 Å². The lowest BCUT2D eigenvalue weighted by molar-refractivity contribution is -0.138. The Balaban J connectivity index is 3.15. The van der Waals surface area contributed by atoms with Crippen LogP contribution in [-0.4, -0.2) is 0 Å². The molecule has 0 fully saturated rings. The third-order valence-corrected chi connectivity index (χ3v) is 2.45. The van der Waals surface area contributed by atoms with Gasteiger partial charge in [0.25, 0.3) is 0 Å². The SMILES string of the molecule is CC(C)C[C@@H](N)c1ccc(F)cc1C(F)(F)F. The van der Waals surface area contributed by atoms with Gasteiger partial charge in [0.05, 0.1) is 5.56 Å². The van der Waals surface area contributed by atoms with Crippen molar-refractivity contribution in [2.24, 2.45) is 11.7 Å². The molecule has 1 aromatic rings. The first-order chi connectivity index (χ1) is 7.71. The lowest BCUT2D eigenvalue weighted by Gasteiger charge is -2.19. The first-order valence-corrected chi connectivity index (χ1v) is 5.34. The van der Waals surface area contributed by atoms with Crippen LogP contribution in [0.1, 0.15) is 37.4 Å². The molecule has 0 heterocycles. The molecule has 0 aromatic heterocycles. The second kappa shape index (κ2) is 5.04. The van der Waals surface area contributed by atoms with Crippen molar-refractivity contribution >= 4 is 0 Å².